The molecule has 2 N–H and O–H groups in total. The summed E-state index contributed by atoms with van der Waals surface area (Å²) in [7, 11) is 1.46. The Balaban J connectivity index is 2.24. The Morgan fingerprint density at radius 2 is 2.16 bits per heavy atom. The quantitative estimate of drug-likeness (QED) is 0.677. The number of hydrogen-bond acceptors (Lipinski definition) is 6. The molecule has 7 nitrogen and oxygen atoms in total. The van der Waals surface area contributed by atoms with Crippen molar-refractivity contribution in [1.29, 1.82) is 0 Å². The van der Waals surface area contributed by atoms with Gasteiger partial charge in [-0.1, -0.05) is 29.8 Å². The Kier molecular flexibility index (Phi) is 4.56. The fourth-order valence-electron chi connectivity index (χ4n) is 2.35. The first-order valence-corrected chi connectivity index (χ1v) is 8.34. The number of carbonyl (C=O) groups is 2. The molecular weight excluding hydrogens is 366 g/mol. The number of halogens is 1. The number of aromatic nitrogens is 2. The summed E-state index contributed by atoms with van der Waals surface area (Å²) in [5.41, 5.74) is -0.228. The SMILES string of the molecule is Cn1c(=O)c(C(=O)NCC=O)c(O)c2sc(-c3ccccc3Cl)nc21. The van der Waals surface area contributed by atoms with Crippen LogP contribution in [0.1, 0.15) is 10.4 Å². The van der Waals surface area contributed by atoms with Crippen molar-refractivity contribution in [2.45, 2.75) is 0 Å². The maximum atomic E-state index is 12.4. The molecular formula is C16H12ClN3O4S. The Labute approximate surface area is 150 Å². The molecule has 0 aliphatic rings. The van der Waals surface area contributed by atoms with Gasteiger partial charge in [0.05, 0.1) is 11.6 Å². The molecule has 0 saturated heterocycles. The van der Waals surface area contributed by atoms with E-state index in [-0.39, 0.29) is 16.9 Å². The molecule has 1 amide bonds. The highest BCUT2D eigenvalue weighted by molar-refractivity contribution is 7.22. The fourth-order valence-corrected chi connectivity index (χ4v) is 3.72. The van der Waals surface area contributed by atoms with Gasteiger partial charge >= 0.3 is 0 Å². The lowest BCUT2D eigenvalue weighted by molar-refractivity contribution is -0.107. The van der Waals surface area contributed by atoms with E-state index in [1.165, 1.54) is 11.6 Å². The van der Waals surface area contributed by atoms with Gasteiger partial charge in [-0.05, 0) is 6.07 Å². The number of nitrogens with one attached hydrogen (secondary N) is 1. The Morgan fingerprint density at radius 3 is 2.84 bits per heavy atom. The molecule has 0 radical (unpaired) electrons. The first-order valence-electron chi connectivity index (χ1n) is 7.15. The summed E-state index contributed by atoms with van der Waals surface area (Å²) in [4.78, 5) is 39.3. The van der Waals surface area contributed by atoms with Crippen LogP contribution in [-0.4, -0.2) is 33.4 Å². The molecule has 2 aromatic heterocycles. The summed E-state index contributed by atoms with van der Waals surface area (Å²) >= 11 is 7.29. The second-order valence-electron chi connectivity index (χ2n) is 5.12. The van der Waals surface area contributed by atoms with Crippen LogP contribution in [0.4, 0.5) is 0 Å². The predicted molar refractivity (Wildman–Crippen MR) is 95.4 cm³/mol. The summed E-state index contributed by atoms with van der Waals surface area (Å²) in [6.07, 6.45) is 0.486. The Bertz CT molecular complexity index is 1060. The van der Waals surface area contributed by atoms with Crippen molar-refractivity contribution in [1.82, 2.24) is 14.9 Å². The minimum atomic E-state index is -0.820. The average Bonchev–Trinajstić information content (AvgIpc) is 3.04. The van der Waals surface area contributed by atoms with Crippen molar-refractivity contribution in [3.05, 3.63) is 45.2 Å². The van der Waals surface area contributed by atoms with Crippen LogP contribution in [-0.2, 0) is 11.8 Å². The molecule has 0 aliphatic carbocycles. The van der Waals surface area contributed by atoms with Crippen LogP contribution in [0.5, 0.6) is 5.75 Å². The standard InChI is InChI=1S/C16H12ClN3O4S/c1-20-13-12(11(22)10(16(20)24)14(23)18-6-7-21)25-15(19-13)8-4-2-3-5-9(8)17/h2-5,7,22H,6H2,1H3,(H,18,23). The summed E-state index contributed by atoms with van der Waals surface area (Å²) in [5.74, 6) is -1.28. The maximum absolute atomic E-state index is 12.4. The van der Waals surface area contributed by atoms with Crippen LogP contribution in [0.2, 0.25) is 5.02 Å². The highest BCUT2D eigenvalue weighted by Crippen LogP contribution is 2.38. The van der Waals surface area contributed by atoms with Gasteiger partial charge in [0.2, 0.25) is 0 Å². The molecule has 3 aromatic rings. The number of nitrogens with zero attached hydrogens (tertiary/aromatic N) is 2. The van der Waals surface area contributed by atoms with Gasteiger partial charge in [0, 0.05) is 12.6 Å². The van der Waals surface area contributed by atoms with Crippen molar-refractivity contribution in [3.8, 4) is 16.3 Å². The van der Waals surface area contributed by atoms with E-state index in [0.717, 1.165) is 11.3 Å². The molecule has 9 heteroatoms. The van der Waals surface area contributed by atoms with Gasteiger partial charge in [-0.25, -0.2) is 4.98 Å². The molecule has 0 atom stereocenters. The number of pyridine rings is 1. The Morgan fingerprint density at radius 1 is 1.44 bits per heavy atom. The number of aromatic hydroxyl groups is 1. The largest absolute Gasteiger partial charge is 0.505 e. The smallest absolute Gasteiger partial charge is 0.268 e. The summed E-state index contributed by atoms with van der Waals surface area (Å²) in [6.45, 7) is -0.257. The van der Waals surface area contributed by atoms with Crippen molar-refractivity contribution in [3.63, 3.8) is 0 Å². The third kappa shape index (κ3) is 2.90. The van der Waals surface area contributed by atoms with Gasteiger partial charge < -0.3 is 15.2 Å². The van der Waals surface area contributed by atoms with Gasteiger partial charge in [0.25, 0.3) is 11.5 Å². The normalized spacial score (nSPS) is 10.8. The molecule has 0 fully saturated rings. The summed E-state index contributed by atoms with van der Waals surface area (Å²) in [6, 6.07) is 7.05. The zero-order valence-electron chi connectivity index (χ0n) is 12.9. The van der Waals surface area contributed by atoms with E-state index in [1.54, 1.807) is 24.3 Å². The average molecular weight is 378 g/mol. The van der Waals surface area contributed by atoms with E-state index in [4.69, 9.17) is 11.6 Å². The maximum Gasteiger partial charge on any atom is 0.268 e. The van der Waals surface area contributed by atoms with Crippen molar-refractivity contribution < 1.29 is 14.7 Å². The molecule has 128 valence electrons. The van der Waals surface area contributed by atoms with Crippen LogP contribution in [0, 0.1) is 0 Å². The molecule has 0 bridgehead atoms. The highest BCUT2D eigenvalue weighted by Gasteiger charge is 2.24. The molecule has 3 rings (SSSR count). The number of benzene rings is 1. The summed E-state index contributed by atoms with van der Waals surface area (Å²) < 4.78 is 1.47. The number of carbonyl (C=O) groups excluding carboxylic acids is 2. The number of amides is 1. The number of hydrogen-bond donors (Lipinski definition) is 2. The van der Waals surface area contributed by atoms with E-state index in [0.29, 0.717) is 21.9 Å². The second kappa shape index (κ2) is 6.66. The zero-order valence-corrected chi connectivity index (χ0v) is 14.5. The Hall–Kier alpha value is -2.71. The third-order valence-corrected chi connectivity index (χ3v) is 4.99. The van der Waals surface area contributed by atoms with E-state index in [1.807, 2.05) is 0 Å². The van der Waals surface area contributed by atoms with E-state index >= 15 is 0 Å². The lowest BCUT2D eigenvalue weighted by atomic mass is 10.2. The second-order valence-corrected chi connectivity index (χ2v) is 6.52. The minimum Gasteiger partial charge on any atom is -0.505 e. The van der Waals surface area contributed by atoms with Crippen LogP contribution in [0.15, 0.2) is 29.1 Å². The van der Waals surface area contributed by atoms with E-state index in [9.17, 15) is 19.5 Å². The lowest BCUT2D eigenvalue weighted by Crippen LogP contribution is -2.33. The van der Waals surface area contributed by atoms with Crippen molar-refractivity contribution in [2.24, 2.45) is 7.05 Å². The highest BCUT2D eigenvalue weighted by atomic mass is 35.5. The number of fused-ring (bicyclic) bond motifs is 1. The number of thiazole rings is 1. The van der Waals surface area contributed by atoms with Gasteiger partial charge in [-0.3, -0.25) is 14.2 Å². The molecule has 0 unspecified atom stereocenters. The molecule has 0 aliphatic heterocycles. The number of aldehydes is 1. The number of aryl methyl sites for hydroxylation is 1. The van der Waals surface area contributed by atoms with Crippen LogP contribution >= 0.6 is 22.9 Å². The fraction of sp³-hybridized carbons (Fsp3) is 0.125. The van der Waals surface area contributed by atoms with E-state index in [2.05, 4.69) is 10.3 Å². The van der Waals surface area contributed by atoms with E-state index < -0.39 is 22.8 Å². The third-order valence-electron chi connectivity index (χ3n) is 3.57. The van der Waals surface area contributed by atoms with Gasteiger partial charge in [-0.2, -0.15) is 0 Å². The van der Waals surface area contributed by atoms with Gasteiger partial charge in [0.15, 0.2) is 11.4 Å². The van der Waals surface area contributed by atoms with Crippen LogP contribution < -0.4 is 10.9 Å². The van der Waals surface area contributed by atoms with Crippen LogP contribution in [0.3, 0.4) is 0 Å². The number of rotatable bonds is 4. The summed E-state index contributed by atoms with van der Waals surface area (Å²) in [5, 5.41) is 13.7. The first-order chi connectivity index (χ1) is 12.0. The first kappa shape index (κ1) is 17.1. The van der Waals surface area contributed by atoms with Crippen LogP contribution in [0.25, 0.3) is 20.9 Å². The van der Waals surface area contributed by atoms with Gasteiger partial charge in [0.1, 0.15) is 21.6 Å². The van der Waals surface area contributed by atoms with Gasteiger partial charge in [-0.15, -0.1) is 11.3 Å². The van der Waals surface area contributed by atoms with Crippen molar-refractivity contribution >= 4 is 45.5 Å². The zero-order chi connectivity index (χ0) is 18.1. The molecule has 1 aromatic carbocycles. The molecule has 25 heavy (non-hydrogen) atoms. The monoisotopic (exact) mass is 377 g/mol. The molecule has 0 spiro atoms. The predicted octanol–water partition coefficient (Wildman–Crippen LogP) is 1.95. The molecule has 0 saturated carbocycles. The van der Waals surface area contributed by atoms with Crippen molar-refractivity contribution in [2.75, 3.05) is 6.54 Å². The topological polar surface area (TPSA) is 101 Å². The minimum absolute atomic E-state index is 0.245. The molecule has 2 heterocycles. The lowest BCUT2D eigenvalue weighted by Gasteiger charge is -2.07.